The van der Waals surface area contributed by atoms with E-state index in [9.17, 15) is 25.2 Å². The highest BCUT2D eigenvalue weighted by atomic mass is 16.5. The van der Waals surface area contributed by atoms with Crippen molar-refractivity contribution in [2.24, 2.45) is 10.7 Å². The van der Waals surface area contributed by atoms with Gasteiger partial charge in [-0.25, -0.2) is 0 Å². The number of allylic oxidation sites excluding steroid dienone is 1. The Hall–Kier alpha value is -4.32. The Morgan fingerprint density at radius 1 is 1.02 bits per heavy atom. The van der Waals surface area contributed by atoms with Crippen LogP contribution in [0, 0.1) is 0 Å². The molecule has 2 aliphatic rings. The van der Waals surface area contributed by atoms with Crippen LogP contribution in [-0.4, -0.2) is 68.8 Å². The molecule has 2 heterocycles. The van der Waals surface area contributed by atoms with Crippen LogP contribution >= 0.6 is 0 Å². The summed E-state index contributed by atoms with van der Waals surface area (Å²) in [6.07, 6.45) is 5.90. The monoisotopic (exact) mass is 682 g/mol. The molecule has 5 rings (SSSR count). The van der Waals surface area contributed by atoms with Crippen LogP contribution in [0.4, 0.5) is 0 Å². The predicted octanol–water partition coefficient (Wildman–Crippen LogP) is 4.59. The fourth-order valence-electron chi connectivity index (χ4n) is 6.39. The molecule has 266 valence electrons. The third-order valence-electron chi connectivity index (χ3n) is 9.19. The topological polar surface area (TPSA) is 161 Å². The number of benzene rings is 3. The average molecular weight is 683 g/mol. The molecule has 3 unspecified atom stereocenters. The number of carbonyl (C=O) groups excluding carboxylic acids is 1. The van der Waals surface area contributed by atoms with Crippen molar-refractivity contribution in [3.8, 4) is 11.5 Å². The molecule has 0 aromatic heterocycles. The normalized spacial score (nSPS) is 15.6. The Balaban J connectivity index is 1.13. The lowest BCUT2D eigenvalue weighted by atomic mass is 9.94. The molecular weight excluding hydrogens is 632 g/mol. The molecule has 0 bridgehead atoms. The van der Waals surface area contributed by atoms with Gasteiger partial charge in [-0.05, 0) is 71.2 Å². The molecule has 10 heteroatoms. The van der Waals surface area contributed by atoms with Gasteiger partial charge in [-0.3, -0.25) is 15.1 Å². The molecule has 7 N–H and O–H groups in total. The highest BCUT2D eigenvalue weighted by Gasteiger charge is 2.27. The Morgan fingerprint density at radius 3 is 2.62 bits per heavy atom. The Morgan fingerprint density at radius 2 is 1.84 bits per heavy atom. The van der Waals surface area contributed by atoms with Gasteiger partial charge in [0.15, 0.2) is 18.2 Å². The first-order chi connectivity index (χ1) is 24.2. The number of carbonyl (C=O) groups is 1. The summed E-state index contributed by atoms with van der Waals surface area (Å²) in [6.45, 7) is 3.39. The molecule has 0 fully saturated rings. The van der Waals surface area contributed by atoms with Gasteiger partial charge in [0.25, 0.3) is 0 Å². The molecule has 2 aliphatic heterocycles. The molecular formula is C40H50N4O6. The first kappa shape index (κ1) is 36.9. The number of ether oxygens (including phenoxy) is 1. The molecule has 0 radical (unpaired) electrons. The van der Waals surface area contributed by atoms with Crippen molar-refractivity contribution in [1.29, 1.82) is 0 Å². The van der Waals surface area contributed by atoms with Crippen molar-refractivity contribution in [2.45, 2.75) is 83.3 Å². The number of ketones is 1. The van der Waals surface area contributed by atoms with Gasteiger partial charge in [0, 0.05) is 43.8 Å². The van der Waals surface area contributed by atoms with E-state index in [4.69, 9.17) is 10.5 Å². The van der Waals surface area contributed by atoms with E-state index in [0.717, 1.165) is 58.5 Å². The highest BCUT2D eigenvalue weighted by molar-refractivity contribution is 6.09. The molecule has 3 atom stereocenters. The van der Waals surface area contributed by atoms with E-state index >= 15 is 0 Å². The number of Topliss-reactive ketones (excluding diaryl/α,β-unsaturated/α-hetero) is 1. The minimum atomic E-state index is -0.852. The first-order valence-corrected chi connectivity index (χ1v) is 17.5. The van der Waals surface area contributed by atoms with Crippen LogP contribution in [0.25, 0.3) is 0 Å². The standard InChI is InChI=1S/C40H50N4O6/c1-2-6-33(46)20-35(48)21-34(47)13-9-28-10-14-38(49)39(17-28)50-26-44-23-36-32(22-43-37(36)24-44)19-31-18-29(11-12-30(31)25-45)40(41)42-16-15-27-7-4-3-5-8-27/h3-5,7-8,10-12,14,17-18,22-23,33,35,40,42,45-46,48-49H,2,6,9,13,15-16,19-21,24-26,41H2,1H3. The molecule has 0 aliphatic carbocycles. The number of hydrogen-bond acceptors (Lipinski definition) is 10. The van der Waals surface area contributed by atoms with E-state index in [0.29, 0.717) is 31.6 Å². The lowest BCUT2D eigenvalue weighted by Gasteiger charge is -2.18. The summed E-state index contributed by atoms with van der Waals surface area (Å²) in [5.74, 6) is 0.256. The second-order valence-electron chi connectivity index (χ2n) is 13.2. The van der Waals surface area contributed by atoms with Gasteiger partial charge in [0.05, 0.1) is 37.2 Å². The number of nitrogens with two attached hydrogens (primary N) is 1. The first-order valence-electron chi connectivity index (χ1n) is 17.5. The number of nitrogens with one attached hydrogen (secondary N) is 1. The largest absolute Gasteiger partial charge is 0.504 e. The van der Waals surface area contributed by atoms with E-state index in [2.05, 4.69) is 28.5 Å². The summed E-state index contributed by atoms with van der Waals surface area (Å²) in [5, 5.41) is 44.0. The van der Waals surface area contributed by atoms with Crippen molar-refractivity contribution in [3.63, 3.8) is 0 Å². The van der Waals surface area contributed by atoms with Crippen molar-refractivity contribution < 1.29 is 30.0 Å². The maximum atomic E-state index is 12.4. The maximum absolute atomic E-state index is 12.4. The summed E-state index contributed by atoms with van der Waals surface area (Å²) in [4.78, 5) is 19.1. The summed E-state index contributed by atoms with van der Waals surface area (Å²) >= 11 is 0. The number of aryl methyl sites for hydroxylation is 1. The highest BCUT2D eigenvalue weighted by Crippen LogP contribution is 2.32. The molecule has 50 heavy (non-hydrogen) atoms. The number of aliphatic hydroxyl groups is 3. The summed E-state index contributed by atoms with van der Waals surface area (Å²) in [5.41, 5.74) is 14.4. The SMILES string of the molecule is CCCC(O)CC(O)CC(=O)CCc1ccc(O)c(OCN2C=C3C(Cc4cc(C(N)NCCc5ccccc5)ccc4CO)=CN=C3C2)c1. The second-order valence-corrected chi connectivity index (χ2v) is 13.2. The van der Waals surface area contributed by atoms with Gasteiger partial charge in [0.2, 0.25) is 0 Å². The van der Waals surface area contributed by atoms with E-state index in [1.54, 1.807) is 18.2 Å². The number of aliphatic imine (C=N–C) groups is 1. The predicted molar refractivity (Wildman–Crippen MR) is 195 cm³/mol. The van der Waals surface area contributed by atoms with Crippen molar-refractivity contribution in [1.82, 2.24) is 10.2 Å². The number of phenolic OH excluding ortho intramolecular Hbond substituents is 1. The summed E-state index contributed by atoms with van der Waals surface area (Å²) < 4.78 is 6.01. The summed E-state index contributed by atoms with van der Waals surface area (Å²) in [6, 6.07) is 21.3. The van der Waals surface area contributed by atoms with Crippen LogP contribution in [0.15, 0.2) is 95.3 Å². The fourth-order valence-corrected chi connectivity index (χ4v) is 6.39. The van der Waals surface area contributed by atoms with Gasteiger partial charge in [-0.1, -0.05) is 67.9 Å². The van der Waals surface area contributed by atoms with Gasteiger partial charge in [0.1, 0.15) is 5.78 Å². The number of fused-ring (bicyclic) bond motifs is 1. The van der Waals surface area contributed by atoms with Crippen molar-refractivity contribution in [3.05, 3.63) is 118 Å². The summed E-state index contributed by atoms with van der Waals surface area (Å²) in [7, 11) is 0. The zero-order valence-electron chi connectivity index (χ0n) is 28.8. The lowest BCUT2D eigenvalue weighted by Crippen LogP contribution is -2.30. The number of hydrogen-bond donors (Lipinski definition) is 6. The molecule has 10 nitrogen and oxygen atoms in total. The smallest absolute Gasteiger partial charge is 0.163 e. The second kappa shape index (κ2) is 18.1. The lowest BCUT2D eigenvalue weighted by molar-refractivity contribution is -0.121. The molecule has 0 saturated carbocycles. The van der Waals surface area contributed by atoms with E-state index in [1.807, 2.05) is 54.6 Å². The Labute approximate surface area is 294 Å². The third kappa shape index (κ3) is 10.3. The van der Waals surface area contributed by atoms with Crippen molar-refractivity contribution in [2.75, 3.05) is 19.8 Å². The van der Waals surface area contributed by atoms with Crippen LogP contribution in [0.1, 0.15) is 73.0 Å². The Bertz CT molecular complexity index is 1690. The maximum Gasteiger partial charge on any atom is 0.163 e. The van der Waals surface area contributed by atoms with Gasteiger partial charge in [-0.15, -0.1) is 0 Å². The van der Waals surface area contributed by atoms with Crippen LogP contribution in [0.5, 0.6) is 11.5 Å². The van der Waals surface area contributed by atoms with Crippen LogP contribution < -0.4 is 15.8 Å². The number of aromatic hydroxyl groups is 1. The van der Waals surface area contributed by atoms with E-state index in [1.165, 1.54) is 5.56 Å². The molecule has 3 aromatic rings. The molecule has 0 spiro atoms. The quantitative estimate of drug-likeness (QED) is 0.0937. The molecule has 0 amide bonds. The average Bonchev–Trinajstić information content (AvgIpc) is 3.68. The number of phenols is 1. The number of nitrogens with zero attached hydrogens (tertiary/aromatic N) is 2. The zero-order chi connectivity index (χ0) is 35.5. The zero-order valence-corrected chi connectivity index (χ0v) is 28.8. The van der Waals surface area contributed by atoms with E-state index in [-0.39, 0.29) is 50.3 Å². The van der Waals surface area contributed by atoms with Crippen molar-refractivity contribution >= 4 is 11.5 Å². The fraction of sp³-hybridized carbons (Fsp3) is 0.400. The van der Waals surface area contributed by atoms with Gasteiger partial charge >= 0.3 is 0 Å². The molecule has 3 aromatic carbocycles. The van der Waals surface area contributed by atoms with Gasteiger partial charge < -0.3 is 35.8 Å². The van der Waals surface area contributed by atoms with Crippen LogP contribution in [0.2, 0.25) is 0 Å². The number of aliphatic hydroxyl groups excluding tert-OH is 3. The van der Waals surface area contributed by atoms with Crippen LogP contribution in [0.3, 0.4) is 0 Å². The minimum absolute atomic E-state index is 0.00885. The Kier molecular flexibility index (Phi) is 13.4. The van der Waals surface area contributed by atoms with Crippen LogP contribution in [-0.2, 0) is 30.7 Å². The molecule has 0 saturated heterocycles. The third-order valence-corrected chi connectivity index (χ3v) is 9.19. The number of rotatable bonds is 20. The minimum Gasteiger partial charge on any atom is -0.504 e. The van der Waals surface area contributed by atoms with Gasteiger partial charge in [-0.2, -0.15) is 0 Å². The van der Waals surface area contributed by atoms with E-state index < -0.39 is 12.2 Å².